The monoisotopic (exact) mass is 297 g/mol. The van der Waals surface area contributed by atoms with E-state index >= 15 is 0 Å². The summed E-state index contributed by atoms with van der Waals surface area (Å²) in [6, 6.07) is 0.0197. The van der Waals surface area contributed by atoms with Crippen LogP contribution in [0, 0.1) is 5.92 Å². The summed E-state index contributed by atoms with van der Waals surface area (Å²) in [5.74, 6) is 0.684. The number of nitrogens with zero attached hydrogens (tertiary/aromatic N) is 1. The SMILES string of the molecule is CCOC(=O)NC1CCCN(C(=O)CC2CCCNC2)C1. The molecule has 2 atom stereocenters. The minimum Gasteiger partial charge on any atom is -0.450 e. The van der Waals surface area contributed by atoms with Crippen molar-refractivity contribution in [3.8, 4) is 0 Å². The first kappa shape index (κ1) is 16.1. The fraction of sp³-hybridized carbons (Fsp3) is 0.867. The first-order valence-corrected chi connectivity index (χ1v) is 8.10. The van der Waals surface area contributed by atoms with Crippen molar-refractivity contribution in [2.24, 2.45) is 5.92 Å². The number of nitrogens with one attached hydrogen (secondary N) is 2. The fourth-order valence-electron chi connectivity index (χ4n) is 3.14. The standard InChI is InChI=1S/C15H27N3O3/c1-2-21-15(20)17-13-6-4-8-18(11-13)14(19)9-12-5-3-7-16-10-12/h12-13,16H,2-11H2,1H3,(H,17,20). The molecule has 2 fully saturated rings. The molecule has 2 aliphatic rings. The lowest BCUT2D eigenvalue weighted by atomic mass is 9.95. The predicted octanol–water partition coefficient (Wildman–Crippen LogP) is 1.11. The van der Waals surface area contributed by atoms with Crippen LogP contribution in [0.25, 0.3) is 0 Å². The van der Waals surface area contributed by atoms with Gasteiger partial charge in [-0.3, -0.25) is 4.79 Å². The summed E-state index contributed by atoms with van der Waals surface area (Å²) in [6.07, 6.45) is 4.38. The number of carbonyl (C=O) groups is 2. The van der Waals surface area contributed by atoms with E-state index < -0.39 is 0 Å². The highest BCUT2D eigenvalue weighted by molar-refractivity contribution is 5.76. The number of hydrogen-bond donors (Lipinski definition) is 2. The van der Waals surface area contributed by atoms with Crippen LogP contribution in [0.2, 0.25) is 0 Å². The Morgan fingerprint density at radius 1 is 1.33 bits per heavy atom. The summed E-state index contributed by atoms with van der Waals surface area (Å²) in [5.41, 5.74) is 0. The van der Waals surface area contributed by atoms with Gasteiger partial charge in [-0.05, 0) is 51.6 Å². The smallest absolute Gasteiger partial charge is 0.407 e. The molecular formula is C15H27N3O3. The second-order valence-electron chi connectivity index (χ2n) is 5.96. The van der Waals surface area contributed by atoms with Crippen molar-refractivity contribution in [1.82, 2.24) is 15.5 Å². The summed E-state index contributed by atoms with van der Waals surface area (Å²) >= 11 is 0. The van der Waals surface area contributed by atoms with Crippen molar-refractivity contribution < 1.29 is 14.3 Å². The molecule has 2 aliphatic heterocycles. The number of alkyl carbamates (subject to hydrolysis) is 1. The van der Waals surface area contributed by atoms with Gasteiger partial charge in [0.15, 0.2) is 0 Å². The van der Waals surface area contributed by atoms with Crippen LogP contribution in [-0.2, 0) is 9.53 Å². The highest BCUT2D eigenvalue weighted by atomic mass is 16.5. The third-order valence-electron chi connectivity index (χ3n) is 4.23. The average molecular weight is 297 g/mol. The van der Waals surface area contributed by atoms with Crippen LogP contribution in [-0.4, -0.2) is 55.7 Å². The van der Waals surface area contributed by atoms with E-state index in [4.69, 9.17) is 4.74 Å². The molecule has 6 heteroatoms. The minimum absolute atomic E-state index is 0.0197. The Hall–Kier alpha value is -1.30. The van der Waals surface area contributed by atoms with Crippen LogP contribution in [0.4, 0.5) is 4.79 Å². The van der Waals surface area contributed by atoms with Crippen LogP contribution in [0.5, 0.6) is 0 Å². The summed E-state index contributed by atoms with van der Waals surface area (Å²) in [4.78, 5) is 25.7. The maximum atomic E-state index is 12.4. The first-order chi connectivity index (χ1) is 10.2. The van der Waals surface area contributed by atoms with E-state index in [1.165, 1.54) is 0 Å². The number of carbonyl (C=O) groups excluding carboxylic acids is 2. The van der Waals surface area contributed by atoms with Gasteiger partial charge in [0.1, 0.15) is 0 Å². The van der Waals surface area contributed by atoms with Gasteiger partial charge in [0.2, 0.25) is 5.91 Å². The van der Waals surface area contributed by atoms with Gasteiger partial charge >= 0.3 is 6.09 Å². The third kappa shape index (κ3) is 5.19. The van der Waals surface area contributed by atoms with Gasteiger partial charge < -0.3 is 20.3 Å². The van der Waals surface area contributed by atoms with E-state index in [1.807, 2.05) is 4.90 Å². The molecule has 0 radical (unpaired) electrons. The van der Waals surface area contributed by atoms with Gasteiger partial charge in [0.25, 0.3) is 0 Å². The number of hydrogen-bond acceptors (Lipinski definition) is 4. The van der Waals surface area contributed by atoms with E-state index in [1.54, 1.807) is 6.92 Å². The zero-order valence-electron chi connectivity index (χ0n) is 12.9. The number of likely N-dealkylation sites (tertiary alicyclic amines) is 1. The minimum atomic E-state index is -0.381. The Bertz CT molecular complexity index is 356. The molecule has 0 aromatic heterocycles. The van der Waals surface area contributed by atoms with Crippen LogP contribution in [0.1, 0.15) is 39.0 Å². The van der Waals surface area contributed by atoms with Crippen LogP contribution < -0.4 is 10.6 Å². The number of ether oxygens (including phenoxy) is 1. The molecule has 0 saturated carbocycles. The predicted molar refractivity (Wildman–Crippen MR) is 80.0 cm³/mol. The second-order valence-corrected chi connectivity index (χ2v) is 5.96. The molecule has 21 heavy (non-hydrogen) atoms. The van der Waals surface area contributed by atoms with E-state index in [0.717, 1.165) is 45.3 Å². The molecule has 0 spiro atoms. The largest absolute Gasteiger partial charge is 0.450 e. The quantitative estimate of drug-likeness (QED) is 0.815. The molecule has 2 heterocycles. The van der Waals surface area contributed by atoms with Crippen molar-refractivity contribution in [3.63, 3.8) is 0 Å². The summed E-state index contributed by atoms with van der Waals surface area (Å²) in [5, 5.41) is 6.19. The van der Waals surface area contributed by atoms with Crippen LogP contribution in [0.15, 0.2) is 0 Å². The van der Waals surface area contributed by atoms with Crippen LogP contribution >= 0.6 is 0 Å². The Balaban J connectivity index is 1.76. The van der Waals surface area contributed by atoms with Gasteiger partial charge in [0.05, 0.1) is 6.61 Å². The van der Waals surface area contributed by atoms with Gasteiger partial charge in [0, 0.05) is 25.6 Å². The lowest BCUT2D eigenvalue weighted by Crippen LogP contribution is -2.50. The average Bonchev–Trinajstić information content (AvgIpc) is 2.48. The Labute approximate surface area is 126 Å². The molecule has 2 rings (SSSR count). The molecule has 0 aliphatic carbocycles. The summed E-state index contributed by atoms with van der Waals surface area (Å²) < 4.78 is 4.90. The number of piperidine rings is 2. The zero-order valence-corrected chi connectivity index (χ0v) is 12.9. The summed E-state index contributed by atoms with van der Waals surface area (Å²) in [7, 11) is 0. The Morgan fingerprint density at radius 3 is 2.90 bits per heavy atom. The van der Waals surface area contributed by atoms with E-state index in [-0.39, 0.29) is 18.0 Å². The maximum absolute atomic E-state index is 12.4. The molecule has 2 unspecified atom stereocenters. The third-order valence-corrected chi connectivity index (χ3v) is 4.23. The topological polar surface area (TPSA) is 70.7 Å². The molecule has 0 bridgehead atoms. The van der Waals surface area contributed by atoms with Crippen molar-refractivity contribution in [2.45, 2.75) is 45.1 Å². The second kappa shape index (κ2) is 8.22. The molecule has 2 N–H and O–H groups in total. The van der Waals surface area contributed by atoms with E-state index in [0.29, 0.717) is 25.5 Å². The lowest BCUT2D eigenvalue weighted by molar-refractivity contribution is -0.133. The highest BCUT2D eigenvalue weighted by Crippen LogP contribution is 2.18. The van der Waals surface area contributed by atoms with Crippen molar-refractivity contribution in [1.29, 1.82) is 0 Å². The molecule has 2 amide bonds. The molecule has 0 aromatic rings. The number of rotatable bonds is 4. The van der Waals surface area contributed by atoms with Crippen LogP contribution in [0.3, 0.4) is 0 Å². The van der Waals surface area contributed by atoms with Gasteiger partial charge in [-0.1, -0.05) is 0 Å². The molecule has 2 saturated heterocycles. The van der Waals surface area contributed by atoms with Gasteiger partial charge in [-0.2, -0.15) is 0 Å². The summed E-state index contributed by atoms with van der Waals surface area (Å²) in [6.45, 7) is 5.59. The fourth-order valence-corrected chi connectivity index (χ4v) is 3.14. The van der Waals surface area contributed by atoms with Gasteiger partial charge in [-0.15, -0.1) is 0 Å². The molecule has 6 nitrogen and oxygen atoms in total. The van der Waals surface area contributed by atoms with E-state index in [9.17, 15) is 9.59 Å². The van der Waals surface area contributed by atoms with Crippen molar-refractivity contribution in [2.75, 3.05) is 32.8 Å². The molecule has 120 valence electrons. The van der Waals surface area contributed by atoms with Crippen molar-refractivity contribution in [3.05, 3.63) is 0 Å². The highest BCUT2D eigenvalue weighted by Gasteiger charge is 2.27. The van der Waals surface area contributed by atoms with E-state index in [2.05, 4.69) is 10.6 Å². The zero-order chi connectivity index (χ0) is 15.1. The first-order valence-electron chi connectivity index (χ1n) is 8.10. The Morgan fingerprint density at radius 2 is 2.19 bits per heavy atom. The van der Waals surface area contributed by atoms with Gasteiger partial charge in [-0.25, -0.2) is 4.79 Å². The normalized spacial score (nSPS) is 26.2. The molecule has 0 aromatic carbocycles. The lowest BCUT2D eigenvalue weighted by Gasteiger charge is -2.34. The molecular weight excluding hydrogens is 270 g/mol. The van der Waals surface area contributed by atoms with Crippen molar-refractivity contribution >= 4 is 12.0 Å². The Kier molecular flexibility index (Phi) is 6.29. The number of amides is 2. The maximum Gasteiger partial charge on any atom is 0.407 e.